The first-order valence-corrected chi connectivity index (χ1v) is 14.0. The van der Waals surface area contributed by atoms with Gasteiger partial charge in [-0.2, -0.15) is 0 Å². The van der Waals surface area contributed by atoms with Crippen LogP contribution in [0.2, 0.25) is 0 Å². The Hall–Kier alpha value is -4.80. The van der Waals surface area contributed by atoms with Gasteiger partial charge in [-0.15, -0.1) is 0 Å². The zero-order valence-corrected chi connectivity index (χ0v) is 21.6. The Morgan fingerprint density at radius 2 is 1.33 bits per heavy atom. The molecule has 182 valence electrons. The number of benzene rings is 6. The molecule has 0 fully saturated rings. The van der Waals surface area contributed by atoms with Gasteiger partial charge in [-0.3, -0.25) is 0 Å². The largest absolute Gasteiger partial charge is 0.313 e. The number of hydrogen-bond donors (Lipinski definition) is 0. The molecule has 0 amide bonds. The summed E-state index contributed by atoms with van der Waals surface area (Å²) < 4.78 is 2.54. The van der Waals surface area contributed by atoms with Crippen LogP contribution in [0.5, 0.6) is 0 Å². The molecule has 0 aliphatic heterocycles. The first-order chi connectivity index (χ1) is 19.4. The predicted octanol–water partition coefficient (Wildman–Crippen LogP) is 9.83. The second-order valence-electron chi connectivity index (χ2n) is 11.0. The van der Waals surface area contributed by atoms with E-state index in [1.165, 1.54) is 95.9 Å². The van der Waals surface area contributed by atoms with Crippen LogP contribution in [0.4, 0.5) is 0 Å². The summed E-state index contributed by atoms with van der Waals surface area (Å²) in [5.41, 5.74) is 8.05. The van der Waals surface area contributed by atoms with Gasteiger partial charge in [0.25, 0.3) is 0 Å². The molecule has 1 heteroatoms. The van der Waals surface area contributed by atoms with Crippen molar-refractivity contribution in [1.29, 1.82) is 0 Å². The molecule has 0 N–H and O–H groups in total. The smallest absolute Gasteiger partial charge is 0.0544 e. The summed E-state index contributed by atoms with van der Waals surface area (Å²) in [4.78, 5) is 0. The van der Waals surface area contributed by atoms with Gasteiger partial charge in [0, 0.05) is 21.9 Å². The quantitative estimate of drug-likeness (QED) is 0.210. The number of aromatic nitrogens is 1. The molecule has 1 aliphatic carbocycles. The van der Waals surface area contributed by atoms with Crippen molar-refractivity contribution in [3.05, 3.63) is 127 Å². The maximum atomic E-state index is 3.54. The highest BCUT2D eigenvalue weighted by atomic mass is 15.0. The van der Waals surface area contributed by atoms with Gasteiger partial charge in [0.05, 0.1) is 11.2 Å². The molecule has 39 heavy (non-hydrogen) atoms. The minimum atomic E-state index is 1.13. The van der Waals surface area contributed by atoms with E-state index in [2.05, 4.69) is 114 Å². The van der Waals surface area contributed by atoms with Gasteiger partial charge in [-0.25, -0.2) is 0 Å². The summed E-state index contributed by atoms with van der Waals surface area (Å²) in [6, 6.07) is 44.9. The topological polar surface area (TPSA) is 4.93 Å². The molecule has 7 aromatic carbocycles. The summed E-state index contributed by atoms with van der Waals surface area (Å²) in [7, 11) is 0. The molecule has 0 unspecified atom stereocenters. The van der Waals surface area contributed by atoms with Gasteiger partial charge >= 0.3 is 0 Å². The molecule has 1 nitrogen and oxygen atoms in total. The monoisotopic (exact) mass is 495 g/mol. The van der Waals surface area contributed by atoms with Crippen molar-refractivity contribution in [1.82, 2.24) is 4.57 Å². The van der Waals surface area contributed by atoms with Crippen molar-refractivity contribution in [3.8, 4) is 16.8 Å². The van der Waals surface area contributed by atoms with E-state index in [9.17, 15) is 0 Å². The number of rotatable bonds is 2. The zero-order chi connectivity index (χ0) is 25.5. The third-order valence-corrected chi connectivity index (χ3v) is 8.99. The maximum Gasteiger partial charge on any atom is 0.0544 e. The van der Waals surface area contributed by atoms with Gasteiger partial charge in [0.15, 0.2) is 0 Å². The summed E-state index contributed by atoms with van der Waals surface area (Å²) >= 11 is 0. The van der Waals surface area contributed by atoms with E-state index < -0.39 is 0 Å². The highest BCUT2D eigenvalue weighted by Gasteiger charge is 2.22. The first-order valence-electron chi connectivity index (χ1n) is 14.0. The van der Waals surface area contributed by atoms with E-state index in [4.69, 9.17) is 0 Å². The lowest BCUT2D eigenvalue weighted by atomic mass is 9.88. The van der Waals surface area contributed by atoms with Crippen molar-refractivity contribution >= 4 is 54.0 Å². The molecule has 9 rings (SSSR count). The molecular weight excluding hydrogens is 470 g/mol. The molecule has 1 heterocycles. The molecule has 0 saturated carbocycles. The molecule has 8 aromatic rings. The van der Waals surface area contributed by atoms with Crippen molar-refractivity contribution in [3.63, 3.8) is 0 Å². The van der Waals surface area contributed by atoms with Gasteiger partial charge < -0.3 is 4.57 Å². The Morgan fingerprint density at radius 1 is 0.564 bits per heavy atom. The van der Waals surface area contributed by atoms with Crippen LogP contribution in [0, 0.1) is 12.1 Å². The highest BCUT2D eigenvalue weighted by molar-refractivity contribution is 6.26. The van der Waals surface area contributed by atoms with E-state index in [0.717, 1.165) is 11.8 Å². The van der Waals surface area contributed by atoms with Gasteiger partial charge in [0.1, 0.15) is 0 Å². The Bertz CT molecular complexity index is 2210. The summed E-state index contributed by atoms with van der Waals surface area (Å²) in [5.74, 6) is 0. The lowest BCUT2D eigenvalue weighted by Crippen LogP contribution is -2.07. The average molecular weight is 496 g/mol. The van der Waals surface area contributed by atoms with Crippen LogP contribution in [0.1, 0.15) is 24.1 Å². The Labute approximate surface area is 227 Å². The van der Waals surface area contributed by atoms with Crippen molar-refractivity contribution in [2.24, 2.45) is 0 Å². The minimum absolute atomic E-state index is 1.13. The van der Waals surface area contributed by atoms with Crippen molar-refractivity contribution in [2.45, 2.75) is 25.7 Å². The van der Waals surface area contributed by atoms with Crippen LogP contribution in [0.15, 0.2) is 103 Å². The molecule has 0 saturated heterocycles. The molecule has 1 aliphatic rings. The number of aryl methyl sites for hydroxylation is 1. The van der Waals surface area contributed by atoms with Crippen molar-refractivity contribution in [2.75, 3.05) is 0 Å². The van der Waals surface area contributed by atoms with E-state index in [1.807, 2.05) is 6.07 Å². The molecular formula is C38H25N. The van der Waals surface area contributed by atoms with Gasteiger partial charge in [0.2, 0.25) is 0 Å². The zero-order valence-electron chi connectivity index (χ0n) is 21.6. The Morgan fingerprint density at radius 3 is 2.26 bits per heavy atom. The standard InChI is InChI=1S/C38H25N/c1-2-11-30-27(10-1)28(22-23-36(30)39-34-14-5-3-12-31(34)32-13-4-6-15-35(32)39)29-20-18-26-17-16-24-8-7-9-25-19-21-33(29)38(26)37(24)25/h2-3,5,7-9,11-12,14,16-23H,4,6,13,15H2. The normalized spacial score (nSPS) is 13.5. The predicted molar refractivity (Wildman–Crippen MR) is 164 cm³/mol. The van der Waals surface area contributed by atoms with E-state index in [-0.39, 0.29) is 0 Å². The number of nitrogens with zero attached hydrogens (tertiary/aromatic N) is 1. The second-order valence-corrected chi connectivity index (χ2v) is 11.0. The van der Waals surface area contributed by atoms with Crippen molar-refractivity contribution < 1.29 is 0 Å². The molecule has 0 spiro atoms. The fourth-order valence-corrected chi connectivity index (χ4v) is 7.31. The summed E-state index contributed by atoms with van der Waals surface area (Å²) in [6.45, 7) is 0. The minimum Gasteiger partial charge on any atom is -0.313 e. The van der Waals surface area contributed by atoms with E-state index in [0.29, 0.717) is 0 Å². The van der Waals surface area contributed by atoms with Gasteiger partial charge in [-0.1, -0.05) is 91.0 Å². The third-order valence-electron chi connectivity index (χ3n) is 8.99. The average Bonchev–Trinajstić information content (AvgIpc) is 3.34. The number of hydrogen-bond acceptors (Lipinski definition) is 0. The molecule has 1 aromatic heterocycles. The highest BCUT2D eigenvalue weighted by Crippen LogP contribution is 2.43. The number of para-hydroxylation sites is 1. The van der Waals surface area contributed by atoms with Crippen LogP contribution >= 0.6 is 0 Å². The second kappa shape index (κ2) is 7.85. The Kier molecular flexibility index (Phi) is 4.26. The van der Waals surface area contributed by atoms with Crippen LogP contribution in [-0.2, 0) is 12.8 Å². The SMILES string of the molecule is c1ccc2c(-n3c4c(c5ccccc53)CCCC4)ccc(-c3ccc4ccc5cccc6ccc3c4c56)c2c#1. The Balaban J connectivity index is 1.35. The van der Waals surface area contributed by atoms with Crippen LogP contribution in [0.25, 0.3) is 70.8 Å². The maximum absolute atomic E-state index is 3.54. The molecule has 0 bridgehead atoms. The van der Waals surface area contributed by atoms with E-state index in [1.54, 1.807) is 0 Å². The lowest BCUT2D eigenvalue weighted by Gasteiger charge is -2.19. The van der Waals surface area contributed by atoms with Gasteiger partial charge in [-0.05, 0) is 99.0 Å². The van der Waals surface area contributed by atoms with Crippen LogP contribution < -0.4 is 0 Å². The fourth-order valence-electron chi connectivity index (χ4n) is 7.31. The van der Waals surface area contributed by atoms with Crippen LogP contribution in [0.3, 0.4) is 0 Å². The number of fused-ring (bicyclic) bond motifs is 4. The first kappa shape index (κ1) is 21.2. The van der Waals surface area contributed by atoms with Crippen LogP contribution in [-0.4, -0.2) is 4.57 Å². The summed E-state index contributed by atoms with van der Waals surface area (Å²) in [5, 5.41) is 11.7. The molecule has 0 atom stereocenters. The lowest BCUT2D eigenvalue weighted by molar-refractivity contribution is 0.667. The molecule has 0 radical (unpaired) electrons. The van der Waals surface area contributed by atoms with E-state index >= 15 is 0 Å². The fraction of sp³-hybridized carbons (Fsp3) is 0.105. The third kappa shape index (κ3) is 2.87. The summed E-state index contributed by atoms with van der Waals surface area (Å²) in [6.07, 6.45) is 4.83.